The van der Waals surface area contributed by atoms with Crippen molar-refractivity contribution in [3.05, 3.63) is 11.8 Å². The van der Waals surface area contributed by atoms with Gasteiger partial charge in [0.15, 0.2) is 5.76 Å². The van der Waals surface area contributed by atoms with E-state index in [9.17, 15) is 14.7 Å². The Balaban J connectivity index is 3.66. The Labute approximate surface area is 92.8 Å². The van der Waals surface area contributed by atoms with Crippen molar-refractivity contribution in [3.8, 4) is 0 Å². The molecule has 0 aliphatic heterocycles. The first kappa shape index (κ1) is 14.4. The minimum Gasteiger partial charge on any atom is -0.502 e. The summed E-state index contributed by atoms with van der Waals surface area (Å²) in [6, 6.07) is 0. The molecule has 1 atom stereocenters. The molecule has 0 aliphatic rings. The number of aliphatic carboxylic acids is 2. The SMILES string of the molecule is O=C(O)CCCCCC(O)/C=C(\O)C(=O)O. The summed E-state index contributed by atoms with van der Waals surface area (Å²) in [5.74, 6) is -3.22. The van der Waals surface area contributed by atoms with Crippen LogP contribution in [0.1, 0.15) is 32.1 Å². The maximum absolute atomic E-state index is 10.2. The second-order valence-electron chi connectivity index (χ2n) is 3.42. The predicted octanol–water partition coefficient (Wildman–Crippen LogP) is 0.909. The van der Waals surface area contributed by atoms with Gasteiger partial charge in [-0.1, -0.05) is 12.8 Å². The van der Waals surface area contributed by atoms with Crippen molar-refractivity contribution in [2.45, 2.75) is 38.2 Å². The van der Waals surface area contributed by atoms with Gasteiger partial charge in [-0.15, -0.1) is 0 Å². The molecule has 0 saturated heterocycles. The predicted molar refractivity (Wildman–Crippen MR) is 55.1 cm³/mol. The van der Waals surface area contributed by atoms with Crippen molar-refractivity contribution >= 4 is 11.9 Å². The van der Waals surface area contributed by atoms with E-state index in [1.807, 2.05) is 0 Å². The second kappa shape index (κ2) is 7.70. The van der Waals surface area contributed by atoms with Crippen LogP contribution in [0.3, 0.4) is 0 Å². The number of aliphatic hydroxyl groups is 2. The molecular formula is C10H16O6. The lowest BCUT2D eigenvalue weighted by atomic mass is 10.1. The fourth-order valence-electron chi connectivity index (χ4n) is 1.14. The topological polar surface area (TPSA) is 115 Å². The van der Waals surface area contributed by atoms with Crippen molar-refractivity contribution in [3.63, 3.8) is 0 Å². The molecule has 92 valence electrons. The highest BCUT2D eigenvalue weighted by Gasteiger charge is 2.08. The average Bonchev–Trinajstić information content (AvgIpc) is 2.16. The summed E-state index contributed by atoms with van der Waals surface area (Å²) in [5.41, 5.74) is 0. The number of aliphatic hydroxyl groups excluding tert-OH is 2. The van der Waals surface area contributed by atoms with Gasteiger partial charge in [0.25, 0.3) is 0 Å². The third kappa shape index (κ3) is 7.81. The molecule has 0 aliphatic carbocycles. The number of carboxylic acids is 2. The van der Waals surface area contributed by atoms with Crippen LogP contribution in [0.15, 0.2) is 11.8 Å². The molecule has 16 heavy (non-hydrogen) atoms. The smallest absolute Gasteiger partial charge is 0.370 e. The third-order valence-corrected chi connectivity index (χ3v) is 1.96. The number of unbranched alkanes of at least 4 members (excludes halogenated alkanes) is 2. The number of carbonyl (C=O) groups is 2. The van der Waals surface area contributed by atoms with Crippen LogP contribution in [0.5, 0.6) is 0 Å². The van der Waals surface area contributed by atoms with Gasteiger partial charge in [0.1, 0.15) is 0 Å². The molecule has 0 fully saturated rings. The summed E-state index contributed by atoms with van der Waals surface area (Å²) in [6.45, 7) is 0. The Hall–Kier alpha value is -1.56. The fraction of sp³-hybridized carbons (Fsp3) is 0.600. The Kier molecular flexibility index (Phi) is 6.95. The Bertz CT molecular complexity index is 270. The Morgan fingerprint density at radius 1 is 1.06 bits per heavy atom. The maximum Gasteiger partial charge on any atom is 0.370 e. The van der Waals surface area contributed by atoms with E-state index in [2.05, 4.69) is 0 Å². The molecule has 0 rings (SSSR count). The van der Waals surface area contributed by atoms with E-state index >= 15 is 0 Å². The molecule has 0 aromatic heterocycles. The highest BCUT2D eigenvalue weighted by atomic mass is 16.4. The largest absolute Gasteiger partial charge is 0.502 e. The highest BCUT2D eigenvalue weighted by Crippen LogP contribution is 2.07. The summed E-state index contributed by atoms with van der Waals surface area (Å²) >= 11 is 0. The minimum absolute atomic E-state index is 0.0896. The van der Waals surface area contributed by atoms with Gasteiger partial charge in [-0.05, 0) is 18.9 Å². The number of rotatable bonds is 8. The van der Waals surface area contributed by atoms with Crippen molar-refractivity contribution in [2.24, 2.45) is 0 Å². The summed E-state index contributed by atoms with van der Waals surface area (Å²) in [6.07, 6.45) is 1.99. The third-order valence-electron chi connectivity index (χ3n) is 1.96. The van der Waals surface area contributed by atoms with Crippen molar-refractivity contribution < 1.29 is 30.0 Å². The zero-order chi connectivity index (χ0) is 12.6. The van der Waals surface area contributed by atoms with E-state index in [1.54, 1.807) is 0 Å². The number of hydrogen-bond donors (Lipinski definition) is 4. The second-order valence-corrected chi connectivity index (χ2v) is 3.42. The molecule has 0 bridgehead atoms. The molecule has 6 heteroatoms. The van der Waals surface area contributed by atoms with Crippen LogP contribution < -0.4 is 0 Å². The van der Waals surface area contributed by atoms with Crippen LogP contribution in [-0.2, 0) is 9.59 Å². The molecule has 0 radical (unpaired) electrons. The fourth-order valence-corrected chi connectivity index (χ4v) is 1.14. The first-order valence-electron chi connectivity index (χ1n) is 4.97. The van der Waals surface area contributed by atoms with Gasteiger partial charge in [0.2, 0.25) is 0 Å². The van der Waals surface area contributed by atoms with E-state index in [1.165, 1.54) is 0 Å². The van der Waals surface area contributed by atoms with Crippen LogP contribution in [0, 0.1) is 0 Å². The van der Waals surface area contributed by atoms with E-state index in [4.69, 9.17) is 15.3 Å². The molecule has 6 nitrogen and oxygen atoms in total. The van der Waals surface area contributed by atoms with Crippen LogP contribution >= 0.6 is 0 Å². The molecule has 0 amide bonds. The number of carboxylic acid groups (broad SMARTS) is 2. The molecule has 1 unspecified atom stereocenters. The van der Waals surface area contributed by atoms with Crippen molar-refractivity contribution in [1.29, 1.82) is 0 Å². The lowest BCUT2D eigenvalue weighted by Gasteiger charge is -2.05. The summed E-state index contributed by atoms with van der Waals surface area (Å²) in [4.78, 5) is 20.4. The number of hydrogen-bond acceptors (Lipinski definition) is 4. The Morgan fingerprint density at radius 2 is 1.69 bits per heavy atom. The normalized spacial score (nSPS) is 13.4. The van der Waals surface area contributed by atoms with Gasteiger partial charge in [-0.2, -0.15) is 0 Å². The molecule has 0 saturated carbocycles. The molecule has 0 aromatic rings. The molecule has 0 heterocycles. The van der Waals surface area contributed by atoms with E-state index in [0.29, 0.717) is 25.7 Å². The quantitative estimate of drug-likeness (QED) is 0.281. The molecular weight excluding hydrogens is 216 g/mol. The van der Waals surface area contributed by atoms with Crippen molar-refractivity contribution in [2.75, 3.05) is 0 Å². The standard InChI is InChI=1S/C10H16O6/c11-7(6-8(12)10(15)16)4-2-1-3-5-9(13)14/h6-7,11-12H,1-5H2,(H,13,14)(H,15,16)/b8-6-. The van der Waals surface area contributed by atoms with E-state index in [0.717, 1.165) is 6.08 Å². The first-order chi connectivity index (χ1) is 7.43. The average molecular weight is 232 g/mol. The molecule has 0 spiro atoms. The summed E-state index contributed by atoms with van der Waals surface area (Å²) in [5, 5.41) is 34.7. The molecule has 0 aromatic carbocycles. The van der Waals surface area contributed by atoms with Crippen LogP contribution in [0.4, 0.5) is 0 Å². The zero-order valence-electron chi connectivity index (χ0n) is 8.80. The maximum atomic E-state index is 10.2. The summed E-state index contributed by atoms with van der Waals surface area (Å²) < 4.78 is 0. The minimum atomic E-state index is -1.48. The Morgan fingerprint density at radius 3 is 2.19 bits per heavy atom. The van der Waals surface area contributed by atoms with E-state index < -0.39 is 23.8 Å². The molecule has 4 N–H and O–H groups in total. The van der Waals surface area contributed by atoms with Gasteiger partial charge in [-0.25, -0.2) is 4.79 Å². The van der Waals surface area contributed by atoms with Gasteiger partial charge in [0, 0.05) is 6.42 Å². The monoisotopic (exact) mass is 232 g/mol. The van der Waals surface area contributed by atoms with Crippen LogP contribution in [0.25, 0.3) is 0 Å². The van der Waals surface area contributed by atoms with Gasteiger partial charge in [0.05, 0.1) is 6.10 Å². The first-order valence-corrected chi connectivity index (χ1v) is 4.97. The lowest BCUT2D eigenvalue weighted by molar-refractivity contribution is -0.137. The van der Waals surface area contributed by atoms with Gasteiger partial charge >= 0.3 is 11.9 Å². The summed E-state index contributed by atoms with van der Waals surface area (Å²) in [7, 11) is 0. The zero-order valence-corrected chi connectivity index (χ0v) is 8.80. The van der Waals surface area contributed by atoms with Crippen LogP contribution in [0.2, 0.25) is 0 Å². The highest BCUT2D eigenvalue weighted by molar-refractivity contribution is 5.83. The van der Waals surface area contributed by atoms with Crippen LogP contribution in [-0.4, -0.2) is 38.5 Å². The van der Waals surface area contributed by atoms with Gasteiger partial charge < -0.3 is 20.4 Å². The van der Waals surface area contributed by atoms with Gasteiger partial charge in [-0.3, -0.25) is 4.79 Å². The van der Waals surface area contributed by atoms with E-state index in [-0.39, 0.29) is 6.42 Å². The van der Waals surface area contributed by atoms with Crippen molar-refractivity contribution in [1.82, 2.24) is 0 Å². The lowest BCUT2D eigenvalue weighted by Crippen LogP contribution is -2.08.